The smallest absolute Gasteiger partial charge is 0.428 e. The summed E-state index contributed by atoms with van der Waals surface area (Å²) in [5, 5.41) is 3.00. The molecule has 0 bridgehead atoms. The van der Waals surface area contributed by atoms with Gasteiger partial charge in [-0.2, -0.15) is 17.6 Å². The lowest BCUT2D eigenvalue weighted by atomic mass is 9.97. The van der Waals surface area contributed by atoms with Gasteiger partial charge in [0.2, 0.25) is 0 Å². The Hall–Kier alpha value is -1.01. The molecule has 1 atom stereocenters. The molecule has 2 nitrogen and oxygen atoms in total. The summed E-state index contributed by atoms with van der Waals surface area (Å²) in [7, 11) is 0. The van der Waals surface area contributed by atoms with Crippen molar-refractivity contribution in [3.05, 3.63) is 29.8 Å². The van der Waals surface area contributed by atoms with E-state index in [0.717, 1.165) is 13.0 Å². The molecule has 1 aliphatic heterocycles. The molecular weight excluding hydrogens is 274 g/mol. The van der Waals surface area contributed by atoms with E-state index in [2.05, 4.69) is 10.1 Å². The molecule has 0 amide bonds. The van der Waals surface area contributed by atoms with Crippen molar-refractivity contribution >= 4 is 12.4 Å². The van der Waals surface area contributed by atoms with Crippen LogP contribution in [0.2, 0.25) is 0 Å². The van der Waals surface area contributed by atoms with Crippen LogP contribution in [-0.4, -0.2) is 19.1 Å². The van der Waals surface area contributed by atoms with Gasteiger partial charge in [0.1, 0.15) is 5.75 Å². The third-order valence-corrected chi connectivity index (χ3v) is 2.62. The Morgan fingerprint density at radius 2 is 1.89 bits per heavy atom. The Bertz CT molecular complexity index is 398. The molecule has 2 rings (SSSR count). The van der Waals surface area contributed by atoms with E-state index >= 15 is 0 Å². The first kappa shape index (κ1) is 15.0. The zero-order valence-electron chi connectivity index (χ0n) is 9.21. The fraction of sp³-hybridized carbons (Fsp3) is 0.455. The van der Waals surface area contributed by atoms with Crippen LogP contribution in [0.5, 0.6) is 5.75 Å². The fourth-order valence-corrected chi connectivity index (χ4v) is 1.61. The molecule has 1 aromatic carbocycles. The molecule has 102 valence electrons. The molecule has 0 spiro atoms. The predicted molar refractivity (Wildman–Crippen MR) is 60.6 cm³/mol. The van der Waals surface area contributed by atoms with Crippen molar-refractivity contribution in [2.45, 2.75) is 25.0 Å². The van der Waals surface area contributed by atoms with E-state index in [0.29, 0.717) is 5.56 Å². The maximum atomic E-state index is 12.8. The molecule has 1 N–H and O–H groups in total. The van der Waals surface area contributed by atoms with Crippen molar-refractivity contribution in [1.82, 2.24) is 5.32 Å². The highest BCUT2D eigenvalue weighted by atomic mass is 35.5. The molecule has 1 fully saturated rings. The molecule has 1 saturated heterocycles. The van der Waals surface area contributed by atoms with Gasteiger partial charge >= 0.3 is 12.5 Å². The van der Waals surface area contributed by atoms with Gasteiger partial charge in [-0.05, 0) is 19.0 Å². The summed E-state index contributed by atoms with van der Waals surface area (Å²) in [6.45, 7) is 0.782. The van der Waals surface area contributed by atoms with E-state index in [9.17, 15) is 17.6 Å². The van der Waals surface area contributed by atoms with Crippen LogP contribution in [0.1, 0.15) is 18.0 Å². The number of ether oxygens (including phenoxy) is 1. The van der Waals surface area contributed by atoms with Crippen LogP contribution < -0.4 is 10.1 Å². The Balaban J connectivity index is 0.00000162. The molecule has 18 heavy (non-hydrogen) atoms. The quantitative estimate of drug-likeness (QED) is 0.856. The van der Waals surface area contributed by atoms with E-state index in [-0.39, 0.29) is 24.2 Å². The zero-order chi connectivity index (χ0) is 12.5. The fourth-order valence-electron chi connectivity index (χ4n) is 1.61. The molecule has 1 aromatic rings. The predicted octanol–water partition coefficient (Wildman–Crippen LogP) is 3.38. The summed E-state index contributed by atoms with van der Waals surface area (Å²) in [5.74, 6) is -0.199. The van der Waals surface area contributed by atoms with Crippen molar-refractivity contribution in [3.8, 4) is 5.75 Å². The Labute approximate surface area is 108 Å². The molecule has 0 aromatic heterocycles. The SMILES string of the molecule is Cl.FC(F)C(F)(F)Oc1ccccc1[C@@H]1CCN1. The van der Waals surface area contributed by atoms with Crippen molar-refractivity contribution in [2.75, 3.05) is 6.54 Å². The first-order chi connectivity index (χ1) is 8.00. The topological polar surface area (TPSA) is 21.3 Å². The minimum atomic E-state index is -4.46. The maximum Gasteiger partial charge on any atom is 0.461 e. The van der Waals surface area contributed by atoms with Crippen LogP contribution in [0.3, 0.4) is 0 Å². The summed E-state index contributed by atoms with van der Waals surface area (Å²) in [4.78, 5) is 0. The Morgan fingerprint density at radius 3 is 2.39 bits per heavy atom. The number of rotatable bonds is 4. The normalized spacial score (nSPS) is 19.1. The lowest BCUT2D eigenvalue weighted by Crippen LogP contribution is -2.37. The average Bonchev–Trinajstić information content (AvgIpc) is 2.17. The van der Waals surface area contributed by atoms with Crippen LogP contribution in [0.4, 0.5) is 17.6 Å². The summed E-state index contributed by atoms with van der Waals surface area (Å²) in [6, 6.07) is 5.89. The highest BCUT2D eigenvalue weighted by molar-refractivity contribution is 5.85. The number of para-hydroxylation sites is 1. The van der Waals surface area contributed by atoms with Gasteiger partial charge < -0.3 is 10.1 Å². The van der Waals surface area contributed by atoms with Crippen LogP contribution in [0.25, 0.3) is 0 Å². The highest BCUT2D eigenvalue weighted by Gasteiger charge is 2.44. The summed E-state index contributed by atoms with van der Waals surface area (Å²) < 4.78 is 53.8. The lowest BCUT2D eigenvalue weighted by molar-refractivity contribution is -0.253. The number of benzene rings is 1. The first-order valence-electron chi connectivity index (χ1n) is 5.18. The monoisotopic (exact) mass is 285 g/mol. The van der Waals surface area contributed by atoms with Crippen molar-refractivity contribution in [1.29, 1.82) is 0 Å². The second-order valence-corrected chi connectivity index (χ2v) is 3.80. The van der Waals surface area contributed by atoms with E-state index in [4.69, 9.17) is 0 Å². The van der Waals surface area contributed by atoms with E-state index < -0.39 is 12.5 Å². The minimum Gasteiger partial charge on any atom is -0.428 e. The number of hydrogen-bond acceptors (Lipinski definition) is 2. The van der Waals surface area contributed by atoms with Crippen molar-refractivity contribution in [2.24, 2.45) is 0 Å². The van der Waals surface area contributed by atoms with Gasteiger partial charge in [0.05, 0.1) is 0 Å². The van der Waals surface area contributed by atoms with E-state index in [1.54, 1.807) is 12.1 Å². The van der Waals surface area contributed by atoms with Gasteiger partial charge in [0, 0.05) is 11.6 Å². The van der Waals surface area contributed by atoms with Gasteiger partial charge in [-0.15, -0.1) is 12.4 Å². The molecule has 0 unspecified atom stereocenters. The van der Waals surface area contributed by atoms with Gasteiger partial charge in [-0.25, -0.2) is 0 Å². The molecule has 1 heterocycles. The third kappa shape index (κ3) is 3.05. The number of alkyl halides is 4. The van der Waals surface area contributed by atoms with E-state index in [1.165, 1.54) is 12.1 Å². The Morgan fingerprint density at radius 1 is 1.28 bits per heavy atom. The van der Waals surface area contributed by atoms with Crippen molar-refractivity contribution in [3.63, 3.8) is 0 Å². The zero-order valence-corrected chi connectivity index (χ0v) is 10.0. The standard InChI is InChI=1S/C11H11F4NO.ClH/c12-10(13)11(14,15)17-9-4-2-1-3-7(9)8-5-6-16-8;/h1-4,8,10,16H,5-6H2;1H/t8-;/m0./s1. The second kappa shape index (κ2) is 5.75. The largest absolute Gasteiger partial charge is 0.461 e. The molecule has 0 radical (unpaired) electrons. The summed E-state index contributed by atoms with van der Waals surface area (Å²) >= 11 is 0. The van der Waals surface area contributed by atoms with Crippen LogP contribution >= 0.6 is 12.4 Å². The lowest BCUT2D eigenvalue weighted by Gasteiger charge is -2.30. The summed E-state index contributed by atoms with van der Waals surface area (Å²) in [6.07, 6.45) is -7.52. The van der Waals surface area contributed by atoms with Gasteiger partial charge in [0.25, 0.3) is 0 Å². The molecule has 1 aliphatic rings. The van der Waals surface area contributed by atoms with E-state index in [1.807, 2.05) is 0 Å². The van der Waals surface area contributed by atoms with Crippen LogP contribution in [0.15, 0.2) is 24.3 Å². The molecule has 7 heteroatoms. The average molecular weight is 286 g/mol. The first-order valence-corrected chi connectivity index (χ1v) is 5.18. The van der Waals surface area contributed by atoms with Gasteiger partial charge in [-0.3, -0.25) is 0 Å². The maximum absolute atomic E-state index is 12.8. The number of hydrogen-bond donors (Lipinski definition) is 1. The molecular formula is C11H12ClF4NO. The van der Waals surface area contributed by atoms with Crippen molar-refractivity contribution < 1.29 is 22.3 Å². The van der Waals surface area contributed by atoms with Gasteiger partial charge in [0.15, 0.2) is 0 Å². The third-order valence-electron chi connectivity index (χ3n) is 2.62. The number of nitrogens with one attached hydrogen (secondary N) is 1. The second-order valence-electron chi connectivity index (χ2n) is 3.80. The highest BCUT2D eigenvalue weighted by Crippen LogP contribution is 2.35. The van der Waals surface area contributed by atoms with Gasteiger partial charge in [-0.1, -0.05) is 18.2 Å². The minimum absolute atomic E-state index is 0. The summed E-state index contributed by atoms with van der Waals surface area (Å²) in [5.41, 5.74) is 0.485. The molecule has 0 saturated carbocycles. The van der Waals surface area contributed by atoms with Crippen LogP contribution in [-0.2, 0) is 0 Å². The Kier molecular flexibility index (Phi) is 4.81. The molecule has 0 aliphatic carbocycles. The van der Waals surface area contributed by atoms with Crippen LogP contribution in [0, 0.1) is 0 Å². The number of halogens is 5.